The van der Waals surface area contributed by atoms with Gasteiger partial charge in [-0.1, -0.05) is 12.8 Å². The van der Waals surface area contributed by atoms with Crippen molar-refractivity contribution in [3.05, 3.63) is 0 Å². The van der Waals surface area contributed by atoms with Crippen molar-refractivity contribution in [2.24, 2.45) is 41.4 Å². The second kappa shape index (κ2) is 5.28. The zero-order chi connectivity index (χ0) is 13.7. The van der Waals surface area contributed by atoms with E-state index < -0.39 is 6.29 Å². The SMILES string of the molecule is OC(O)C1CC[C@H]2C(CC[C@H]3[C@@H]4CCC[C@H]4CC[C@@H]32)C1. The Kier molecular flexibility index (Phi) is 3.58. The first kappa shape index (κ1) is 13.6. The third-order valence-corrected chi connectivity index (χ3v) is 7.61. The number of aliphatic hydroxyl groups is 2. The topological polar surface area (TPSA) is 40.5 Å². The lowest BCUT2D eigenvalue weighted by Crippen LogP contribution is -2.45. The zero-order valence-corrected chi connectivity index (χ0v) is 12.6. The van der Waals surface area contributed by atoms with E-state index in [1.165, 1.54) is 51.4 Å². The highest BCUT2D eigenvalue weighted by Gasteiger charge is 2.49. The van der Waals surface area contributed by atoms with Crippen LogP contribution in [0.15, 0.2) is 0 Å². The van der Waals surface area contributed by atoms with Gasteiger partial charge < -0.3 is 10.2 Å². The molecule has 20 heavy (non-hydrogen) atoms. The molecule has 0 aromatic rings. The quantitative estimate of drug-likeness (QED) is 0.720. The summed E-state index contributed by atoms with van der Waals surface area (Å²) in [6.07, 6.45) is 12.7. The van der Waals surface area contributed by atoms with Gasteiger partial charge in [0.05, 0.1) is 0 Å². The molecule has 0 aliphatic heterocycles. The number of hydrogen-bond donors (Lipinski definition) is 2. The number of aliphatic hydroxyl groups excluding tert-OH is 1. The summed E-state index contributed by atoms with van der Waals surface area (Å²) in [5.41, 5.74) is 0. The van der Waals surface area contributed by atoms with Gasteiger partial charge in [-0.25, -0.2) is 0 Å². The molecule has 114 valence electrons. The monoisotopic (exact) mass is 278 g/mol. The molecule has 0 aromatic heterocycles. The molecule has 4 rings (SSSR count). The minimum atomic E-state index is -1.07. The van der Waals surface area contributed by atoms with Crippen molar-refractivity contribution < 1.29 is 10.2 Å². The van der Waals surface area contributed by atoms with E-state index in [0.717, 1.165) is 48.3 Å². The summed E-state index contributed by atoms with van der Waals surface area (Å²) in [6, 6.07) is 0. The molecule has 2 nitrogen and oxygen atoms in total. The highest BCUT2D eigenvalue weighted by atomic mass is 16.5. The summed E-state index contributed by atoms with van der Waals surface area (Å²) in [5, 5.41) is 19.0. The van der Waals surface area contributed by atoms with Crippen LogP contribution in [-0.4, -0.2) is 16.5 Å². The molecule has 2 unspecified atom stereocenters. The lowest BCUT2D eigenvalue weighted by Gasteiger charge is -2.53. The third kappa shape index (κ3) is 2.14. The Morgan fingerprint density at radius 1 is 0.600 bits per heavy atom. The van der Waals surface area contributed by atoms with Crippen LogP contribution in [0, 0.1) is 41.4 Å². The molecule has 4 aliphatic carbocycles. The van der Waals surface area contributed by atoms with Gasteiger partial charge in [0.1, 0.15) is 0 Å². The van der Waals surface area contributed by atoms with E-state index in [9.17, 15) is 10.2 Å². The summed E-state index contributed by atoms with van der Waals surface area (Å²) in [4.78, 5) is 0. The maximum atomic E-state index is 9.48. The Bertz CT molecular complexity index is 353. The van der Waals surface area contributed by atoms with Crippen LogP contribution in [0.4, 0.5) is 0 Å². The molecule has 0 saturated heterocycles. The summed E-state index contributed by atoms with van der Waals surface area (Å²) in [7, 11) is 0. The summed E-state index contributed by atoms with van der Waals surface area (Å²) in [5.74, 6) is 6.05. The van der Waals surface area contributed by atoms with Crippen LogP contribution in [0.5, 0.6) is 0 Å². The van der Waals surface area contributed by atoms with Gasteiger partial charge in [-0.05, 0) is 86.9 Å². The van der Waals surface area contributed by atoms with Crippen molar-refractivity contribution >= 4 is 0 Å². The largest absolute Gasteiger partial charge is 0.368 e. The summed E-state index contributed by atoms with van der Waals surface area (Å²) >= 11 is 0. The molecule has 4 saturated carbocycles. The fraction of sp³-hybridized carbons (Fsp3) is 1.00. The maximum Gasteiger partial charge on any atom is 0.154 e. The van der Waals surface area contributed by atoms with E-state index in [4.69, 9.17) is 0 Å². The molecule has 0 radical (unpaired) electrons. The molecule has 2 N–H and O–H groups in total. The second-order valence-electron chi connectivity index (χ2n) is 8.25. The second-order valence-corrected chi connectivity index (χ2v) is 8.25. The Morgan fingerprint density at radius 2 is 1.25 bits per heavy atom. The molecule has 0 aromatic carbocycles. The Morgan fingerprint density at radius 3 is 2.00 bits per heavy atom. The average molecular weight is 278 g/mol. The molecule has 4 aliphatic rings. The molecule has 2 heteroatoms. The van der Waals surface area contributed by atoms with Gasteiger partial charge in [-0.2, -0.15) is 0 Å². The van der Waals surface area contributed by atoms with E-state index >= 15 is 0 Å². The molecule has 0 heterocycles. The van der Waals surface area contributed by atoms with Crippen LogP contribution < -0.4 is 0 Å². The lowest BCUT2D eigenvalue weighted by atomic mass is 9.53. The van der Waals surface area contributed by atoms with Crippen molar-refractivity contribution in [2.45, 2.75) is 70.5 Å². The fourth-order valence-electron chi connectivity index (χ4n) is 6.78. The Labute approximate surface area is 123 Å². The lowest BCUT2D eigenvalue weighted by molar-refractivity contribution is -0.118. The first-order valence-electron chi connectivity index (χ1n) is 9.10. The molecular weight excluding hydrogens is 248 g/mol. The number of hydrogen-bond acceptors (Lipinski definition) is 2. The van der Waals surface area contributed by atoms with Crippen LogP contribution in [-0.2, 0) is 0 Å². The van der Waals surface area contributed by atoms with Gasteiger partial charge in [0.25, 0.3) is 0 Å². The van der Waals surface area contributed by atoms with Crippen molar-refractivity contribution in [1.29, 1.82) is 0 Å². The molecule has 0 bridgehead atoms. The molecule has 4 fully saturated rings. The van der Waals surface area contributed by atoms with E-state index in [-0.39, 0.29) is 5.92 Å². The normalized spacial score (nSPS) is 51.5. The highest BCUT2D eigenvalue weighted by Crippen LogP contribution is 2.58. The van der Waals surface area contributed by atoms with Crippen LogP contribution in [0.25, 0.3) is 0 Å². The first-order valence-corrected chi connectivity index (χ1v) is 9.10. The first-order chi connectivity index (χ1) is 9.74. The Hall–Kier alpha value is -0.0800. The van der Waals surface area contributed by atoms with Crippen LogP contribution in [0.3, 0.4) is 0 Å². The van der Waals surface area contributed by atoms with Crippen LogP contribution in [0.1, 0.15) is 64.2 Å². The van der Waals surface area contributed by atoms with E-state index in [0.29, 0.717) is 0 Å². The van der Waals surface area contributed by atoms with Gasteiger partial charge in [-0.15, -0.1) is 0 Å². The average Bonchev–Trinajstić information content (AvgIpc) is 2.94. The summed E-state index contributed by atoms with van der Waals surface area (Å²) < 4.78 is 0. The van der Waals surface area contributed by atoms with Gasteiger partial charge in [0, 0.05) is 5.92 Å². The van der Waals surface area contributed by atoms with Gasteiger partial charge >= 0.3 is 0 Å². The molecule has 7 atom stereocenters. The predicted octanol–water partition coefficient (Wildman–Crippen LogP) is 3.57. The molecule has 0 spiro atoms. The standard InChI is InChI=1S/C18H30O2/c19-18(20)13-6-7-15-12(10-13)5-9-16-14-3-1-2-11(14)4-8-17(15)16/h11-20H,1-10H2/t11-,12?,13?,14+,15-,16-,17+/m0/s1. The van der Waals surface area contributed by atoms with Gasteiger partial charge in [0.15, 0.2) is 6.29 Å². The van der Waals surface area contributed by atoms with Crippen LogP contribution in [0.2, 0.25) is 0 Å². The molecular formula is C18H30O2. The minimum Gasteiger partial charge on any atom is -0.368 e. The predicted molar refractivity (Wildman–Crippen MR) is 78.8 cm³/mol. The number of rotatable bonds is 1. The van der Waals surface area contributed by atoms with E-state index in [1.54, 1.807) is 0 Å². The van der Waals surface area contributed by atoms with Gasteiger partial charge in [-0.3, -0.25) is 0 Å². The highest BCUT2D eigenvalue weighted by molar-refractivity contribution is 4.99. The number of fused-ring (bicyclic) bond motifs is 5. The smallest absolute Gasteiger partial charge is 0.154 e. The van der Waals surface area contributed by atoms with E-state index in [1.807, 2.05) is 0 Å². The Balaban J connectivity index is 1.48. The van der Waals surface area contributed by atoms with Crippen molar-refractivity contribution in [3.63, 3.8) is 0 Å². The zero-order valence-electron chi connectivity index (χ0n) is 12.6. The molecule has 0 amide bonds. The van der Waals surface area contributed by atoms with Gasteiger partial charge in [0.2, 0.25) is 0 Å². The third-order valence-electron chi connectivity index (χ3n) is 7.61. The van der Waals surface area contributed by atoms with Crippen molar-refractivity contribution in [3.8, 4) is 0 Å². The minimum absolute atomic E-state index is 0.163. The maximum absolute atomic E-state index is 9.48. The fourth-order valence-corrected chi connectivity index (χ4v) is 6.78. The summed E-state index contributed by atoms with van der Waals surface area (Å²) in [6.45, 7) is 0. The van der Waals surface area contributed by atoms with E-state index in [2.05, 4.69) is 0 Å². The van der Waals surface area contributed by atoms with Crippen molar-refractivity contribution in [1.82, 2.24) is 0 Å². The van der Waals surface area contributed by atoms with Crippen LogP contribution >= 0.6 is 0 Å². The van der Waals surface area contributed by atoms with Crippen molar-refractivity contribution in [2.75, 3.05) is 0 Å².